The van der Waals surface area contributed by atoms with Crippen LogP contribution < -0.4 is 4.74 Å². The normalized spacial score (nSPS) is 15.1. The number of aromatic nitrogens is 1. The third kappa shape index (κ3) is 3.62. The monoisotopic (exact) mass is 356 g/mol. The van der Waals surface area contributed by atoms with Crippen molar-refractivity contribution in [3.63, 3.8) is 0 Å². The second-order valence-corrected chi connectivity index (χ2v) is 5.78. The molecule has 0 aliphatic carbocycles. The third-order valence-corrected chi connectivity index (χ3v) is 3.78. The Morgan fingerprint density at radius 3 is 2.62 bits per heavy atom. The number of pyridine rings is 1. The Balaban J connectivity index is 1.59. The molecule has 1 aromatic heterocycles. The highest BCUT2D eigenvalue weighted by atomic mass is 35.5. The van der Waals surface area contributed by atoms with Crippen molar-refractivity contribution in [2.24, 2.45) is 0 Å². The van der Waals surface area contributed by atoms with Crippen LogP contribution in [0.3, 0.4) is 0 Å². The first-order valence-corrected chi connectivity index (χ1v) is 7.45. The summed E-state index contributed by atoms with van der Waals surface area (Å²) in [6, 6.07) is 7.63. The molecule has 0 N–H and O–H groups in total. The van der Waals surface area contributed by atoms with Crippen molar-refractivity contribution < 1.29 is 22.7 Å². The molecule has 1 aromatic carbocycles. The van der Waals surface area contributed by atoms with Gasteiger partial charge in [0.25, 0.3) is 5.91 Å². The number of ether oxygens (including phenoxy) is 1. The average molecular weight is 357 g/mol. The van der Waals surface area contributed by atoms with Gasteiger partial charge in [-0.25, -0.2) is 4.98 Å². The zero-order valence-electron chi connectivity index (χ0n) is 12.3. The third-order valence-electron chi connectivity index (χ3n) is 3.56. The van der Waals surface area contributed by atoms with E-state index in [1.165, 1.54) is 23.2 Å². The SMILES string of the molecule is O=C(c1cccc(C(F)(F)F)c1)N1CC(Oc2ccc(Cl)cn2)C1. The fourth-order valence-electron chi connectivity index (χ4n) is 2.29. The van der Waals surface area contributed by atoms with Crippen molar-refractivity contribution in [3.05, 3.63) is 58.7 Å². The van der Waals surface area contributed by atoms with Crippen LogP contribution in [0.5, 0.6) is 5.88 Å². The Bertz CT molecular complexity index is 744. The minimum absolute atomic E-state index is 0.00731. The van der Waals surface area contributed by atoms with E-state index in [9.17, 15) is 18.0 Å². The molecule has 8 heteroatoms. The van der Waals surface area contributed by atoms with Crippen LogP contribution in [0.25, 0.3) is 0 Å². The van der Waals surface area contributed by atoms with Gasteiger partial charge in [0.2, 0.25) is 5.88 Å². The summed E-state index contributed by atoms with van der Waals surface area (Å²) in [7, 11) is 0. The Labute approximate surface area is 140 Å². The first kappa shape index (κ1) is 16.6. The Morgan fingerprint density at radius 2 is 2.00 bits per heavy atom. The van der Waals surface area contributed by atoms with Crippen LogP contribution in [0.1, 0.15) is 15.9 Å². The van der Waals surface area contributed by atoms with Gasteiger partial charge in [0.15, 0.2) is 0 Å². The zero-order valence-corrected chi connectivity index (χ0v) is 13.0. The van der Waals surface area contributed by atoms with Crippen molar-refractivity contribution in [2.75, 3.05) is 13.1 Å². The molecule has 1 saturated heterocycles. The molecule has 1 aliphatic rings. The topological polar surface area (TPSA) is 42.4 Å². The van der Waals surface area contributed by atoms with Gasteiger partial charge in [-0.05, 0) is 24.3 Å². The molecule has 0 atom stereocenters. The van der Waals surface area contributed by atoms with Crippen LogP contribution in [0, 0.1) is 0 Å². The summed E-state index contributed by atoms with van der Waals surface area (Å²) >= 11 is 5.72. The van der Waals surface area contributed by atoms with Gasteiger partial charge in [-0.3, -0.25) is 4.79 Å². The number of nitrogens with zero attached hydrogens (tertiary/aromatic N) is 2. The highest BCUT2D eigenvalue weighted by Crippen LogP contribution is 2.30. The molecule has 2 aromatic rings. The number of hydrogen-bond acceptors (Lipinski definition) is 3. The molecule has 4 nitrogen and oxygen atoms in total. The predicted molar refractivity (Wildman–Crippen MR) is 81.0 cm³/mol. The molecule has 0 saturated carbocycles. The van der Waals surface area contributed by atoms with Crippen LogP contribution in [0.2, 0.25) is 5.02 Å². The molecule has 3 rings (SSSR count). The maximum Gasteiger partial charge on any atom is 0.416 e. The number of likely N-dealkylation sites (tertiary alicyclic amines) is 1. The summed E-state index contributed by atoms with van der Waals surface area (Å²) in [6.45, 7) is 0.582. The van der Waals surface area contributed by atoms with Gasteiger partial charge in [0.1, 0.15) is 6.10 Å². The van der Waals surface area contributed by atoms with E-state index in [0.717, 1.165) is 12.1 Å². The summed E-state index contributed by atoms with van der Waals surface area (Å²) < 4.78 is 43.7. The lowest BCUT2D eigenvalue weighted by Gasteiger charge is -2.38. The van der Waals surface area contributed by atoms with Crippen molar-refractivity contribution in [1.29, 1.82) is 0 Å². The van der Waals surface area contributed by atoms with E-state index >= 15 is 0 Å². The number of benzene rings is 1. The second-order valence-electron chi connectivity index (χ2n) is 5.34. The molecule has 2 heterocycles. The summed E-state index contributed by atoms with van der Waals surface area (Å²) in [5.41, 5.74) is -0.833. The van der Waals surface area contributed by atoms with E-state index < -0.39 is 17.6 Å². The highest BCUT2D eigenvalue weighted by molar-refractivity contribution is 6.30. The van der Waals surface area contributed by atoms with E-state index in [1.807, 2.05) is 0 Å². The number of halogens is 4. The molecule has 0 bridgehead atoms. The molecule has 1 aliphatic heterocycles. The van der Waals surface area contributed by atoms with Gasteiger partial charge >= 0.3 is 6.18 Å². The van der Waals surface area contributed by atoms with Crippen LogP contribution >= 0.6 is 11.6 Å². The van der Waals surface area contributed by atoms with Gasteiger partial charge in [-0.2, -0.15) is 13.2 Å². The maximum absolute atomic E-state index is 12.7. The van der Waals surface area contributed by atoms with Gasteiger partial charge in [-0.1, -0.05) is 17.7 Å². The van der Waals surface area contributed by atoms with Gasteiger partial charge < -0.3 is 9.64 Å². The molecule has 0 radical (unpaired) electrons. The largest absolute Gasteiger partial charge is 0.471 e. The minimum atomic E-state index is -4.48. The number of rotatable bonds is 3. The number of alkyl halides is 3. The maximum atomic E-state index is 12.7. The summed E-state index contributed by atoms with van der Waals surface area (Å²) in [5.74, 6) is -0.0689. The Morgan fingerprint density at radius 1 is 1.25 bits per heavy atom. The lowest BCUT2D eigenvalue weighted by Crippen LogP contribution is -2.56. The number of amides is 1. The quantitative estimate of drug-likeness (QED) is 0.843. The van der Waals surface area contributed by atoms with Crippen molar-refractivity contribution in [2.45, 2.75) is 12.3 Å². The van der Waals surface area contributed by atoms with Crippen LogP contribution in [0.15, 0.2) is 42.6 Å². The van der Waals surface area contributed by atoms with E-state index in [1.54, 1.807) is 12.1 Å². The second kappa shape index (κ2) is 6.32. The number of hydrogen-bond donors (Lipinski definition) is 0. The van der Waals surface area contributed by atoms with Gasteiger partial charge in [0, 0.05) is 17.8 Å². The predicted octanol–water partition coefficient (Wildman–Crippen LogP) is 3.66. The van der Waals surface area contributed by atoms with Crippen molar-refractivity contribution in [1.82, 2.24) is 9.88 Å². The van der Waals surface area contributed by atoms with Crippen molar-refractivity contribution in [3.8, 4) is 5.88 Å². The van der Waals surface area contributed by atoms with Crippen LogP contribution in [-0.4, -0.2) is 35.0 Å². The van der Waals surface area contributed by atoms with Gasteiger partial charge in [0.05, 0.1) is 23.7 Å². The molecule has 1 amide bonds. The van der Waals surface area contributed by atoms with Crippen LogP contribution in [0.4, 0.5) is 13.2 Å². The fraction of sp³-hybridized carbons (Fsp3) is 0.250. The fourth-order valence-corrected chi connectivity index (χ4v) is 2.40. The molecule has 24 heavy (non-hydrogen) atoms. The van der Waals surface area contributed by atoms with Crippen LogP contribution in [-0.2, 0) is 6.18 Å². The summed E-state index contributed by atoms with van der Waals surface area (Å²) in [4.78, 5) is 17.6. The summed E-state index contributed by atoms with van der Waals surface area (Å²) in [5, 5.41) is 0.484. The molecule has 0 spiro atoms. The van der Waals surface area contributed by atoms with E-state index in [0.29, 0.717) is 24.0 Å². The summed E-state index contributed by atoms with van der Waals surface area (Å²) in [6.07, 6.45) is -3.27. The lowest BCUT2D eigenvalue weighted by atomic mass is 10.1. The Hall–Kier alpha value is -2.28. The molecular formula is C16H12ClF3N2O2. The highest BCUT2D eigenvalue weighted by Gasteiger charge is 2.35. The average Bonchev–Trinajstić information content (AvgIpc) is 2.51. The number of carbonyl (C=O) groups is 1. The molecule has 0 unspecified atom stereocenters. The standard InChI is InChI=1S/C16H12ClF3N2O2/c17-12-4-5-14(21-7-12)24-13-8-22(9-13)15(23)10-2-1-3-11(6-10)16(18,19)20/h1-7,13H,8-9H2. The van der Waals surface area contributed by atoms with E-state index in [-0.39, 0.29) is 11.7 Å². The number of carbonyl (C=O) groups excluding carboxylic acids is 1. The minimum Gasteiger partial charge on any atom is -0.471 e. The van der Waals surface area contributed by atoms with E-state index in [2.05, 4.69) is 4.98 Å². The smallest absolute Gasteiger partial charge is 0.416 e. The lowest BCUT2D eigenvalue weighted by molar-refractivity contribution is -0.137. The first-order valence-electron chi connectivity index (χ1n) is 7.07. The molecular weight excluding hydrogens is 345 g/mol. The van der Waals surface area contributed by atoms with Gasteiger partial charge in [-0.15, -0.1) is 0 Å². The first-order chi connectivity index (χ1) is 11.3. The Kier molecular flexibility index (Phi) is 4.36. The molecule has 1 fully saturated rings. The zero-order chi connectivity index (χ0) is 17.3. The van der Waals surface area contributed by atoms with E-state index in [4.69, 9.17) is 16.3 Å². The van der Waals surface area contributed by atoms with Crippen molar-refractivity contribution >= 4 is 17.5 Å². The molecule has 126 valence electrons.